The summed E-state index contributed by atoms with van der Waals surface area (Å²) < 4.78 is 17.6. The molecule has 2 aliphatic rings. The molecule has 0 bridgehead atoms. The number of ketones is 1. The maximum atomic E-state index is 13.6. The highest BCUT2D eigenvalue weighted by atomic mass is 79.9. The van der Waals surface area contributed by atoms with Gasteiger partial charge in [-0.15, -0.1) is 0 Å². The van der Waals surface area contributed by atoms with Crippen LogP contribution in [0.5, 0.6) is 17.2 Å². The second-order valence-corrected chi connectivity index (χ2v) is 10.4. The summed E-state index contributed by atoms with van der Waals surface area (Å²) in [5, 5.41) is 7.27. The Balaban J connectivity index is 1.99. The molecular weight excluding hydrogens is 484 g/mol. The van der Waals surface area contributed by atoms with Gasteiger partial charge in [0.05, 0.1) is 43.2 Å². The lowest BCUT2D eigenvalue weighted by molar-refractivity contribution is -0.118. The number of carbonyl (C=O) groups is 1. The average Bonchev–Trinajstić information content (AvgIpc) is 2.89. The summed E-state index contributed by atoms with van der Waals surface area (Å²) in [6, 6.07) is 5.78. The molecule has 2 aromatic carbocycles. The van der Waals surface area contributed by atoms with Crippen molar-refractivity contribution >= 4 is 33.1 Å². The van der Waals surface area contributed by atoms with E-state index in [0.29, 0.717) is 23.7 Å². The van der Waals surface area contributed by atoms with Crippen LogP contribution in [-0.4, -0.2) is 27.1 Å². The highest BCUT2D eigenvalue weighted by Crippen LogP contribution is 2.51. The summed E-state index contributed by atoms with van der Waals surface area (Å²) in [7, 11) is 4.76. The number of Topliss-reactive ketones (excluding diaryl/α,β-unsaturated/α-hetero) is 1. The van der Waals surface area contributed by atoms with Gasteiger partial charge in [-0.3, -0.25) is 4.79 Å². The highest BCUT2D eigenvalue weighted by molar-refractivity contribution is 9.10. The molecule has 7 heteroatoms. The fourth-order valence-corrected chi connectivity index (χ4v) is 5.48. The van der Waals surface area contributed by atoms with Crippen molar-refractivity contribution in [2.45, 2.75) is 46.6 Å². The van der Waals surface area contributed by atoms with E-state index >= 15 is 0 Å². The van der Waals surface area contributed by atoms with Gasteiger partial charge in [-0.1, -0.05) is 13.8 Å². The van der Waals surface area contributed by atoms with Gasteiger partial charge in [0.2, 0.25) is 5.75 Å². The number of halogens is 1. The fourth-order valence-electron chi connectivity index (χ4n) is 4.79. The largest absolute Gasteiger partial charge is 0.493 e. The molecule has 0 amide bonds. The third-order valence-electron chi connectivity index (χ3n) is 6.54. The van der Waals surface area contributed by atoms with E-state index in [-0.39, 0.29) is 11.2 Å². The zero-order chi connectivity index (χ0) is 24.1. The maximum Gasteiger partial charge on any atom is 0.204 e. The molecule has 1 unspecified atom stereocenters. The van der Waals surface area contributed by atoms with Gasteiger partial charge >= 0.3 is 0 Å². The average molecular weight is 515 g/mol. The van der Waals surface area contributed by atoms with Gasteiger partial charge in [0, 0.05) is 23.3 Å². The van der Waals surface area contributed by atoms with E-state index in [1.54, 1.807) is 21.3 Å². The number of nitrogens with one attached hydrogen (secondary N) is 2. The highest BCUT2D eigenvalue weighted by Gasteiger charge is 2.40. The maximum absolute atomic E-state index is 13.6. The summed E-state index contributed by atoms with van der Waals surface area (Å²) in [4.78, 5) is 13.6. The number of aryl methyl sites for hydroxylation is 2. The lowest BCUT2D eigenvalue weighted by Crippen LogP contribution is -2.31. The number of fused-ring (bicyclic) bond motifs is 1. The molecule has 33 heavy (non-hydrogen) atoms. The smallest absolute Gasteiger partial charge is 0.204 e. The Morgan fingerprint density at radius 3 is 2.18 bits per heavy atom. The van der Waals surface area contributed by atoms with Crippen molar-refractivity contribution in [3.05, 3.63) is 50.6 Å². The summed E-state index contributed by atoms with van der Waals surface area (Å²) in [6.07, 6.45) is 1.27. The number of hydrogen-bond acceptors (Lipinski definition) is 6. The van der Waals surface area contributed by atoms with Gasteiger partial charge in [-0.25, -0.2) is 0 Å². The monoisotopic (exact) mass is 514 g/mol. The summed E-state index contributed by atoms with van der Waals surface area (Å²) in [6.45, 7) is 8.47. The predicted octanol–water partition coefficient (Wildman–Crippen LogP) is 6.31. The first-order valence-electron chi connectivity index (χ1n) is 11.0. The van der Waals surface area contributed by atoms with Crippen LogP contribution in [-0.2, 0) is 4.79 Å². The third-order valence-corrected chi connectivity index (χ3v) is 7.35. The van der Waals surface area contributed by atoms with Gasteiger partial charge in [0.1, 0.15) is 0 Å². The number of benzene rings is 2. The number of hydrogen-bond donors (Lipinski definition) is 2. The Morgan fingerprint density at radius 1 is 0.939 bits per heavy atom. The zero-order valence-electron chi connectivity index (χ0n) is 20.2. The van der Waals surface area contributed by atoms with E-state index in [1.165, 1.54) is 11.1 Å². The molecule has 0 spiro atoms. The minimum atomic E-state index is -0.400. The lowest BCUT2D eigenvalue weighted by Gasteiger charge is -2.34. The number of rotatable bonds is 4. The van der Waals surface area contributed by atoms with Gasteiger partial charge in [-0.2, -0.15) is 0 Å². The second kappa shape index (κ2) is 8.60. The molecular formula is C26H31BrN2O4. The second-order valence-electron chi connectivity index (χ2n) is 9.57. The molecule has 4 rings (SSSR count). The number of anilines is 2. The SMILES string of the molecule is COc1cc(C2Nc3cc(C)c(C)cc3NC3=C2C(=O)CC(C)(C)C3)c(Br)c(OC)c1OC. The molecule has 0 saturated heterocycles. The predicted molar refractivity (Wildman–Crippen MR) is 135 cm³/mol. The van der Waals surface area contributed by atoms with E-state index in [1.807, 2.05) is 6.07 Å². The number of ether oxygens (including phenoxy) is 3. The van der Waals surface area contributed by atoms with Crippen LogP contribution >= 0.6 is 15.9 Å². The molecule has 176 valence electrons. The fraction of sp³-hybridized carbons (Fsp3) is 0.423. The number of allylic oxidation sites excluding steroid dienone is 1. The molecule has 1 atom stereocenters. The van der Waals surface area contributed by atoms with Crippen LogP contribution in [0.3, 0.4) is 0 Å². The third kappa shape index (κ3) is 4.07. The van der Waals surface area contributed by atoms with E-state index in [4.69, 9.17) is 14.2 Å². The molecule has 0 radical (unpaired) electrons. The first-order chi connectivity index (χ1) is 15.6. The summed E-state index contributed by atoms with van der Waals surface area (Å²) in [5.74, 6) is 1.70. The Bertz CT molecular complexity index is 1170. The van der Waals surface area contributed by atoms with Crippen molar-refractivity contribution < 1.29 is 19.0 Å². The quantitative estimate of drug-likeness (QED) is 0.497. The molecule has 0 saturated carbocycles. The van der Waals surface area contributed by atoms with Crippen molar-refractivity contribution in [2.75, 3.05) is 32.0 Å². The van der Waals surface area contributed by atoms with Gasteiger partial charge in [0.25, 0.3) is 0 Å². The minimum absolute atomic E-state index is 0.121. The van der Waals surface area contributed by atoms with Crippen molar-refractivity contribution in [3.63, 3.8) is 0 Å². The van der Waals surface area contributed by atoms with Crippen molar-refractivity contribution in [3.8, 4) is 17.2 Å². The Kier molecular flexibility index (Phi) is 6.12. The van der Waals surface area contributed by atoms with Crippen LogP contribution < -0.4 is 24.8 Å². The van der Waals surface area contributed by atoms with E-state index in [0.717, 1.165) is 39.1 Å². The molecule has 6 nitrogen and oxygen atoms in total. The van der Waals surface area contributed by atoms with Crippen LogP contribution in [0, 0.1) is 19.3 Å². The van der Waals surface area contributed by atoms with E-state index < -0.39 is 6.04 Å². The molecule has 1 aliphatic heterocycles. The molecule has 1 heterocycles. The number of carbonyl (C=O) groups excluding carboxylic acids is 1. The van der Waals surface area contributed by atoms with Crippen molar-refractivity contribution in [1.29, 1.82) is 0 Å². The first-order valence-corrected chi connectivity index (χ1v) is 11.8. The Morgan fingerprint density at radius 2 is 1.58 bits per heavy atom. The van der Waals surface area contributed by atoms with Crippen LogP contribution in [0.15, 0.2) is 33.9 Å². The standard InChI is InChI=1S/C26H31BrN2O4/c1-13-8-16-17(9-14(13)2)29-23(21-18(28-16)11-26(3,4)12-19(21)30)15-10-20(31-5)24(32-6)25(33-7)22(15)27/h8-10,23,28-29H,11-12H2,1-7H3. The van der Waals surface area contributed by atoms with Crippen LogP contribution in [0.4, 0.5) is 11.4 Å². The molecule has 2 N–H and O–H groups in total. The van der Waals surface area contributed by atoms with E-state index in [2.05, 4.69) is 66.4 Å². The zero-order valence-corrected chi connectivity index (χ0v) is 21.8. The Hall–Kier alpha value is -2.67. The van der Waals surface area contributed by atoms with Gasteiger partial charge in [0.15, 0.2) is 17.3 Å². The first kappa shape index (κ1) is 23.5. The van der Waals surface area contributed by atoms with Crippen LogP contribution in [0.2, 0.25) is 0 Å². The van der Waals surface area contributed by atoms with E-state index in [9.17, 15) is 4.79 Å². The minimum Gasteiger partial charge on any atom is -0.493 e. The Labute approximate surface area is 203 Å². The van der Waals surface area contributed by atoms with Gasteiger partial charge in [-0.05, 0) is 70.9 Å². The molecule has 0 fully saturated rings. The lowest BCUT2D eigenvalue weighted by atomic mass is 9.73. The topological polar surface area (TPSA) is 68.8 Å². The summed E-state index contributed by atoms with van der Waals surface area (Å²) in [5.41, 5.74) is 6.72. The van der Waals surface area contributed by atoms with Crippen LogP contribution in [0.1, 0.15) is 49.4 Å². The summed E-state index contributed by atoms with van der Waals surface area (Å²) >= 11 is 3.73. The molecule has 1 aliphatic carbocycles. The molecule has 0 aromatic heterocycles. The van der Waals surface area contributed by atoms with Crippen molar-refractivity contribution in [2.24, 2.45) is 5.41 Å². The van der Waals surface area contributed by atoms with Crippen molar-refractivity contribution in [1.82, 2.24) is 0 Å². The normalized spacial score (nSPS) is 19.0. The number of methoxy groups -OCH3 is 3. The molecule has 2 aromatic rings. The van der Waals surface area contributed by atoms with Crippen LogP contribution in [0.25, 0.3) is 0 Å². The van der Waals surface area contributed by atoms with Gasteiger partial charge < -0.3 is 24.8 Å².